The van der Waals surface area contributed by atoms with E-state index in [0.29, 0.717) is 4.99 Å². The van der Waals surface area contributed by atoms with Gasteiger partial charge in [-0.1, -0.05) is 25.2 Å². The highest BCUT2D eigenvalue weighted by molar-refractivity contribution is 7.99. The Kier molecular flexibility index (Phi) is 4.88. The monoisotopic (exact) mass is 309 g/mol. The molecule has 1 aliphatic heterocycles. The molecule has 1 unspecified atom stereocenters. The van der Waals surface area contributed by atoms with Gasteiger partial charge in [0.2, 0.25) is 5.91 Å². The lowest BCUT2D eigenvalue weighted by molar-refractivity contribution is -0.127. The maximum atomic E-state index is 12.0. The molecule has 0 spiro atoms. The number of hydrogen-bond acceptors (Lipinski definition) is 4. The minimum absolute atomic E-state index is 0.118. The van der Waals surface area contributed by atoms with Gasteiger partial charge in [0.15, 0.2) is 0 Å². The Morgan fingerprint density at radius 1 is 1.60 bits per heavy atom. The van der Waals surface area contributed by atoms with E-state index in [1.807, 2.05) is 25.2 Å². The van der Waals surface area contributed by atoms with Crippen LogP contribution in [0.15, 0.2) is 23.1 Å². The molecule has 1 aromatic rings. The highest BCUT2D eigenvalue weighted by Gasteiger charge is 2.29. The first-order valence-corrected chi connectivity index (χ1v) is 8.01. The summed E-state index contributed by atoms with van der Waals surface area (Å²) in [7, 11) is 1.82. The Morgan fingerprint density at radius 3 is 2.90 bits per heavy atom. The summed E-state index contributed by atoms with van der Waals surface area (Å²) in [4.78, 5) is 15.2. The van der Waals surface area contributed by atoms with Gasteiger partial charge in [-0.2, -0.15) is 0 Å². The number of nitrogens with one attached hydrogen (secondary N) is 1. The van der Waals surface area contributed by atoms with Crippen LogP contribution in [-0.4, -0.2) is 41.2 Å². The summed E-state index contributed by atoms with van der Waals surface area (Å²) in [6.45, 7) is 2.87. The number of carbonyl (C=O) groups is 1. The number of likely N-dealkylation sites (tertiary alicyclic amines) is 1. The van der Waals surface area contributed by atoms with Gasteiger partial charge in [0, 0.05) is 29.7 Å². The fraction of sp³-hybridized carbons (Fsp3) is 0.429. The van der Waals surface area contributed by atoms with Crippen molar-refractivity contribution in [2.75, 3.05) is 24.7 Å². The topological polar surface area (TPSA) is 58.4 Å². The largest absolute Gasteiger partial charge is 0.389 e. The molecule has 0 aliphatic carbocycles. The molecule has 20 heavy (non-hydrogen) atoms. The van der Waals surface area contributed by atoms with Gasteiger partial charge in [0.25, 0.3) is 0 Å². The van der Waals surface area contributed by atoms with E-state index in [9.17, 15) is 4.79 Å². The van der Waals surface area contributed by atoms with Crippen molar-refractivity contribution in [3.63, 3.8) is 0 Å². The van der Waals surface area contributed by atoms with Crippen molar-refractivity contribution in [2.45, 2.75) is 24.3 Å². The second kappa shape index (κ2) is 6.45. The fourth-order valence-electron chi connectivity index (χ4n) is 2.33. The van der Waals surface area contributed by atoms with Crippen molar-refractivity contribution in [3.05, 3.63) is 23.8 Å². The maximum absolute atomic E-state index is 12.0. The molecule has 1 atom stereocenters. The van der Waals surface area contributed by atoms with Crippen molar-refractivity contribution in [3.8, 4) is 0 Å². The van der Waals surface area contributed by atoms with E-state index in [-0.39, 0.29) is 11.9 Å². The smallest absolute Gasteiger partial charge is 0.244 e. The van der Waals surface area contributed by atoms with Gasteiger partial charge >= 0.3 is 0 Å². The molecule has 1 aromatic carbocycles. The average molecular weight is 309 g/mol. The van der Waals surface area contributed by atoms with E-state index in [0.717, 1.165) is 34.9 Å². The van der Waals surface area contributed by atoms with Crippen molar-refractivity contribution < 1.29 is 4.79 Å². The molecule has 0 bridgehead atoms. The number of rotatable bonds is 5. The molecule has 2 rings (SSSR count). The van der Waals surface area contributed by atoms with E-state index in [1.165, 1.54) is 0 Å². The molecule has 1 fully saturated rings. The summed E-state index contributed by atoms with van der Waals surface area (Å²) in [6.07, 6.45) is 0.803. The van der Waals surface area contributed by atoms with Gasteiger partial charge in [-0.05, 0) is 24.3 Å². The summed E-state index contributed by atoms with van der Waals surface area (Å²) >= 11 is 6.87. The Balaban J connectivity index is 2.29. The lowest BCUT2D eigenvalue weighted by Gasteiger charge is -2.18. The Labute approximate surface area is 129 Å². The molecule has 1 heterocycles. The number of anilines is 1. The third-order valence-electron chi connectivity index (χ3n) is 3.33. The first-order valence-electron chi connectivity index (χ1n) is 6.61. The number of nitrogens with zero attached hydrogens (tertiary/aromatic N) is 1. The second-order valence-corrected chi connectivity index (χ2v) is 6.47. The molecule has 108 valence electrons. The number of carbonyl (C=O) groups excluding carboxylic acids is 1. The normalized spacial score (nSPS) is 18.4. The number of thiocarbonyl (C=S) groups is 1. The van der Waals surface area contributed by atoms with Crippen molar-refractivity contribution in [1.29, 1.82) is 0 Å². The van der Waals surface area contributed by atoms with E-state index < -0.39 is 0 Å². The summed E-state index contributed by atoms with van der Waals surface area (Å²) < 4.78 is 0. The van der Waals surface area contributed by atoms with Gasteiger partial charge < -0.3 is 16.0 Å². The number of amides is 1. The number of hydrogen-bond donors (Lipinski definition) is 2. The lowest BCUT2D eigenvalue weighted by Crippen LogP contribution is -2.31. The van der Waals surface area contributed by atoms with Gasteiger partial charge in [0.1, 0.15) is 11.0 Å². The summed E-state index contributed by atoms with van der Waals surface area (Å²) in [5, 5.41) is 3.30. The lowest BCUT2D eigenvalue weighted by atomic mass is 10.1. The van der Waals surface area contributed by atoms with Crippen molar-refractivity contribution >= 4 is 40.6 Å². The molecule has 6 heteroatoms. The van der Waals surface area contributed by atoms with Gasteiger partial charge in [-0.3, -0.25) is 4.79 Å². The van der Waals surface area contributed by atoms with E-state index in [1.54, 1.807) is 16.7 Å². The highest BCUT2D eigenvalue weighted by atomic mass is 32.2. The average Bonchev–Trinajstić information content (AvgIpc) is 2.71. The summed E-state index contributed by atoms with van der Waals surface area (Å²) in [5.74, 6) is 1.07. The zero-order chi connectivity index (χ0) is 14.7. The second-order valence-electron chi connectivity index (χ2n) is 4.72. The van der Waals surface area contributed by atoms with Crippen molar-refractivity contribution in [1.82, 2.24) is 4.90 Å². The summed E-state index contributed by atoms with van der Waals surface area (Å²) in [6, 6.07) is 5.72. The number of likely N-dealkylation sites (N-methyl/N-ethyl adjacent to an activating group) is 1. The fourth-order valence-corrected chi connectivity index (χ4v) is 3.46. The molecule has 1 saturated heterocycles. The van der Waals surface area contributed by atoms with Crippen LogP contribution < -0.4 is 11.1 Å². The molecular formula is C14H19N3OS2. The minimum atomic E-state index is -0.185. The molecule has 1 aliphatic rings. The molecule has 0 radical (unpaired) electrons. The van der Waals surface area contributed by atoms with Crippen LogP contribution in [0.1, 0.15) is 18.9 Å². The van der Waals surface area contributed by atoms with Crippen LogP contribution >= 0.6 is 24.0 Å². The van der Waals surface area contributed by atoms with Crippen LogP contribution in [0, 0.1) is 0 Å². The molecule has 0 saturated carbocycles. The predicted octanol–water partition coefficient (Wildman–Crippen LogP) is 2.08. The van der Waals surface area contributed by atoms with Crippen LogP contribution in [-0.2, 0) is 4.79 Å². The molecular weight excluding hydrogens is 290 g/mol. The Hall–Kier alpha value is -1.27. The Bertz CT molecular complexity index is 533. The van der Waals surface area contributed by atoms with Crippen LogP contribution in [0.2, 0.25) is 0 Å². The Morgan fingerprint density at radius 2 is 2.35 bits per heavy atom. The maximum Gasteiger partial charge on any atom is 0.244 e. The minimum Gasteiger partial charge on any atom is -0.389 e. The number of nitrogens with two attached hydrogens (primary N) is 1. The van der Waals surface area contributed by atoms with Crippen LogP contribution in [0.5, 0.6) is 0 Å². The highest BCUT2D eigenvalue weighted by Crippen LogP contribution is 2.29. The van der Waals surface area contributed by atoms with Gasteiger partial charge in [0.05, 0.1) is 0 Å². The van der Waals surface area contributed by atoms with Crippen LogP contribution in [0.3, 0.4) is 0 Å². The first-order chi connectivity index (χ1) is 9.54. The van der Waals surface area contributed by atoms with E-state index >= 15 is 0 Å². The third kappa shape index (κ3) is 3.07. The SMILES string of the molecule is CCSc1cccc(NC2CCN(C)C2=O)c1C(N)=S. The van der Waals surface area contributed by atoms with Gasteiger partial charge in [-0.25, -0.2) is 0 Å². The van der Waals surface area contributed by atoms with E-state index in [4.69, 9.17) is 18.0 Å². The third-order valence-corrected chi connectivity index (χ3v) is 4.47. The predicted molar refractivity (Wildman–Crippen MR) is 88.4 cm³/mol. The number of benzene rings is 1. The van der Waals surface area contributed by atoms with E-state index in [2.05, 4.69) is 12.2 Å². The van der Waals surface area contributed by atoms with Crippen LogP contribution in [0.4, 0.5) is 5.69 Å². The van der Waals surface area contributed by atoms with Gasteiger partial charge in [-0.15, -0.1) is 11.8 Å². The molecule has 4 nitrogen and oxygen atoms in total. The molecule has 3 N–H and O–H groups in total. The summed E-state index contributed by atoms with van der Waals surface area (Å²) in [5.41, 5.74) is 7.56. The zero-order valence-corrected chi connectivity index (χ0v) is 13.3. The molecule has 0 aromatic heterocycles. The molecule has 1 amide bonds. The number of thioether (sulfide) groups is 1. The van der Waals surface area contributed by atoms with Crippen LogP contribution in [0.25, 0.3) is 0 Å². The zero-order valence-electron chi connectivity index (χ0n) is 11.7. The first kappa shape index (κ1) is 15.1. The standard InChI is InChI=1S/C14H19N3OS2/c1-3-20-11-6-4-5-9(12(11)13(15)19)16-10-7-8-17(2)14(10)18/h4-6,10,16H,3,7-8H2,1-2H3,(H2,15,19). The van der Waals surface area contributed by atoms with Crippen molar-refractivity contribution in [2.24, 2.45) is 5.73 Å². The quantitative estimate of drug-likeness (QED) is 0.644.